The van der Waals surface area contributed by atoms with Gasteiger partial charge in [-0.25, -0.2) is 0 Å². The van der Waals surface area contributed by atoms with E-state index in [0.29, 0.717) is 39.4 Å². The Morgan fingerprint density at radius 2 is 1.68 bits per heavy atom. The maximum atomic E-state index is 14.1. The number of carbonyl (C=O) groups is 1. The number of carbonyl (C=O) groups excluding carboxylic acids is 1. The van der Waals surface area contributed by atoms with Crippen molar-refractivity contribution in [2.45, 2.75) is 32.3 Å². The summed E-state index contributed by atoms with van der Waals surface area (Å²) in [5.74, 6) is -1.33. The number of fused-ring (bicyclic) bond motifs is 4. The van der Waals surface area contributed by atoms with Crippen molar-refractivity contribution in [1.29, 1.82) is 0 Å². The highest BCUT2D eigenvalue weighted by molar-refractivity contribution is 6.46. The summed E-state index contributed by atoms with van der Waals surface area (Å²) < 4.78 is 6.39. The second-order valence-corrected chi connectivity index (χ2v) is 10.2. The molecule has 0 aliphatic carbocycles. The summed E-state index contributed by atoms with van der Waals surface area (Å²) in [7, 11) is 0. The molecule has 7 heteroatoms. The topological polar surface area (TPSA) is 85.8 Å². The molecule has 0 saturated carbocycles. The Balaban J connectivity index is 1.65. The molecule has 2 aliphatic rings. The minimum Gasteiger partial charge on any atom is -0.440 e. The van der Waals surface area contributed by atoms with Crippen LogP contribution in [0.5, 0.6) is 0 Å². The van der Waals surface area contributed by atoms with Crippen LogP contribution in [-0.4, -0.2) is 28.5 Å². The van der Waals surface area contributed by atoms with E-state index in [2.05, 4.69) is 0 Å². The van der Waals surface area contributed by atoms with E-state index < -0.39 is 23.2 Å². The molecule has 1 aromatic heterocycles. The molecule has 186 valence electrons. The Labute approximate surface area is 213 Å². The average Bonchev–Trinajstić information content (AvgIpc) is 2.89. The smallest absolute Gasteiger partial charge is 0.300 e. The lowest BCUT2D eigenvalue weighted by molar-refractivity contribution is -0.772. The highest BCUT2D eigenvalue weighted by Crippen LogP contribution is 2.49. The number of benzene rings is 3. The fourth-order valence-electron chi connectivity index (χ4n) is 5.51. The number of rotatable bonds is 3. The van der Waals surface area contributed by atoms with Crippen LogP contribution < -0.4 is 10.3 Å². The van der Waals surface area contributed by atoms with Crippen LogP contribution in [0, 0.1) is 18.0 Å². The summed E-state index contributed by atoms with van der Waals surface area (Å²) in [6, 6.07) is 23.6. The Bertz CT molecular complexity index is 1620. The summed E-state index contributed by atoms with van der Waals surface area (Å²) >= 11 is 0. The van der Waals surface area contributed by atoms with Crippen LogP contribution in [0.1, 0.15) is 41.3 Å². The molecule has 6 rings (SSSR count). The first-order valence-electron chi connectivity index (χ1n) is 12.3. The molecule has 0 radical (unpaired) electrons. The highest BCUT2D eigenvalue weighted by atomic mass is 16.9. The van der Waals surface area contributed by atoms with E-state index in [4.69, 9.17) is 9.25 Å². The van der Waals surface area contributed by atoms with Gasteiger partial charge >= 0.3 is 5.71 Å². The molecule has 2 atom stereocenters. The predicted octanol–water partition coefficient (Wildman–Crippen LogP) is 5.51. The summed E-state index contributed by atoms with van der Waals surface area (Å²) in [4.78, 5) is 35.9. The van der Waals surface area contributed by atoms with Gasteiger partial charge in [-0.05, 0) is 45.0 Å². The van der Waals surface area contributed by atoms with Gasteiger partial charge in [0, 0.05) is 28.6 Å². The summed E-state index contributed by atoms with van der Waals surface area (Å²) in [5.41, 5.74) is 1.72. The van der Waals surface area contributed by atoms with Crippen molar-refractivity contribution < 1.29 is 19.0 Å². The minimum absolute atomic E-state index is 0.108. The summed E-state index contributed by atoms with van der Waals surface area (Å²) in [6.45, 7) is 6.03. The lowest BCUT2D eigenvalue weighted by atomic mass is 9.69. The van der Waals surface area contributed by atoms with Crippen LogP contribution in [0.25, 0.3) is 11.0 Å². The van der Waals surface area contributed by atoms with Crippen LogP contribution in [0.2, 0.25) is 0 Å². The SMILES string of the molecule is Cc1ccc(N2C[C@H]3[C@H](C(C(=O)c4ccccc4)=[N+]([O-])OC3(C)C)c3c2oc2ccccc2c3=O)cc1. The van der Waals surface area contributed by atoms with Gasteiger partial charge in [0.25, 0.3) is 5.78 Å². The average molecular weight is 495 g/mol. The van der Waals surface area contributed by atoms with Gasteiger partial charge in [0.15, 0.2) is 5.43 Å². The Kier molecular flexibility index (Phi) is 5.19. The van der Waals surface area contributed by atoms with Gasteiger partial charge in [0.2, 0.25) is 5.88 Å². The van der Waals surface area contributed by atoms with E-state index in [-0.39, 0.29) is 11.1 Å². The number of para-hydroxylation sites is 1. The van der Waals surface area contributed by atoms with Crippen molar-refractivity contribution in [2.24, 2.45) is 5.92 Å². The van der Waals surface area contributed by atoms with Crippen LogP contribution in [0.4, 0.5) is 11.6 Å². The molecular formula is C30H26N2O5. The van der Waals surface area contributed by atoms with Crippen molar-refractivity contribution in [3.05, 3.63) is 111 Å². The third-order valence-corrected chi connectivity index (χ3v) is 7.47. The second-order valence-electron chi connectivity index (χ2n) is 10.2. The monoisotopic (exact) mass is 494 g/mol. The highest BCUT2D eigenvalue weighted by Gasteiger charge is 2.55. The molecule has 0 N–H and O–H groups in total. The number of hydrogen-bond donors (Lipinski definition) is 0. The van der Waals surface area contributed by atoms with Crippen molar-refractivity contribution >= 4 is 34.0 Å². The third kappa shape index (κ3) is 3.61. The number of hydrogen-bond acceptors (Lipinski definition) is 6. The first-order chi connectivity index (χ1) is 17.8. The van der Waals surface area contributed by atoms with Crippen LogP contribution in [-0.2, 0) is 4.84 Å². The van der Waals surface area contributed by atoms with Gasteiger partial charge in [0.1, 0.15) is 5.58 Å². The van der Waals surface area contributed by atoms with Crippen LogP contribution in [0.15, 0.2) is 88.1 Å². The third-order valence-electron chi connectivity index (χ3n) is 7.47. The molecule has 0 amide bonds. The molecular weight excluding hydrogens is 468 g/mol. The van der Waals surface area contributed by atoms with E-state index in [0.717, 1.165) is 11.3 Å². The van der Waals surface area contributed by atoms with Gasteiger partial charge < -0.3 is 14.2 Å². The van der Waals surface area contributed by atoms with Crippen LogP contribution >= 0.6 is 0 Å². The van der Waals surface area contributed by atoms with Gasteiger partial charge in [-0.2, -0.15) is 0 Å². The van der Waals surface area contributed by atoms with Crippen molar-refractivity contribution in [2.75, 3.05) is 11.4 Å². The molecule has 2 aliphatic heterocycles. The molecule has 37 heavy (non-hydrogen) atoms. The van der Waals surface area contributed by atoms with E-state index in [1.54, 1.807) is 48.5 Å². The summed E-state index contributed by atoms with van der Waals surface area (Å²) in [6.07, 6.45) is 0. The normalized spacial score (nSPS) is 20.2. The second kappa shape index (κ2) is 8.34. The Morgan fingerprint density at radius 1 is 1.00 bits per heavy atom. The Hall–Kier alpha value is -4.39. The van der Waals surface area contributed by atoms with E-state index in [9.17, 15) is 14.8 Å². The van der Waals surface area contributed by atoms with Crippen LogP contribution in [0.3, 0.4) is 0 Å². The fraction of sp³-hybridized carbons (Fsp3) is 0.233. The lowest BCUT2D eigenvalue weighted by Crippen LogP contribution is -2.57. The molecule has 0 unspecified atom stereocenters. The fourth-order valence-corrected chi connectivity index (χ4v) is 5.51. The van der Waals surface area contributed by atoms with Gasteiger partial charge in [0.05, 0.1) is 22.5 Å². The van der Waals surface area contributed by atoms with E-state index in [1.807, 2.05) is 56.0 Å². The van der Waals surface area contributed by atoms with Gasteiger partial charge in [-0.1, -0.05) is 60.2 Å². The largest absolute Gasteiger partial charge is 0.440 e. The molecule has 7 nitrogen and oxygen atoms in total. The molecule has 0 bridgehead atoms. The van der Waals surface area contributed by atoms with Crippen molar-refractivity contribution in [3.63, 3.8) is 0 Å². The maximum absolute atomic E-state index is 14.1. The zero-order chi connectivity index (χ0) is 25.9. The molecule has 3 aromatic carbocycles. The number of anilines is 2. The molecule has 0 fully saturated rings. The zero-order valence-corrected chi connectivity index (χ0v) is 20.8. The van der Waals surface area contributed by atoms with Gasteiger partial charge in [-0.15, -0.1) is 0 Å². The Morgan fingerprint density at radius 3 is 2.41 bits per heavy atom. The minimum atomic E-state index is -0.967. The van der Waals surface area contributed by atoms with Crippen molar-refractivity contribution in [3.8, 4) is 0 Å². The van der Waals surface area contributed by atoms with E-state index in [1.165, 1.54) is 0 Å². The van der Waals surface area contributed by atoms with Gasteiger partial charge in [-0.3, -0.25) is 14.8 Å². The lowest BCUT2D eigenvalue weighted by Gasteiger charge is -2.48. The number of ketones is 1. The number of aryl methyl sites for hydroxylation is 1. The molecule has 0 saturated heterocycles. The zero-order valence-electron chi connectivity index (χ0n) is 20.8. The number of nitrogens with zero attached hydrogens (tertiary/aromatic N) is 2. The quantitative estimate of drug-likeness (QED) is 0.276. The number of Topliss-reactive ketones (excluding diaryl/α,β-unsaturated/α-hetero) is 1. The maximum Gasteiger partial charge on any atom is 0.300 e. The molecule has 0 spiro atoms. The van der Waals surface area contributed by atoms with E-state index >= 15 is 0 Å². The first-order valence-corrected chi connectivity index (χ1v) is 12.3. The standard InChI is InChI=1S/C30H26N2O5/c1-18-13-15-20(16-14-18)31-17-22-24(25-28(34)21-11-7-8-12-23(21)36-29(25)31)26(32(35)37-30(22,2)3)27(33)19-9-5-4-6-10-19/h4-16,22,24H,17H2,1-3H3/t22-,24-/m0/s1. The predicted molar refractivity (Wildman–Crippen MR) is 141 cm³/mol. The van der Waals surface area contributed by atoms with Crippen molar-refractivity contribution in [1.82, 2.24) is 0 Å². The first kappa shape index (κ1) is 23.0. The summed E-state index contributed by atoms with van der Waals surface area (Å²) in [5, 5.41) is 13.7. The molecule has 3 heterocycles. The molecule has 4 aromatic rings.